The summed E-state index contributed by atoms with van der Waals surface area (Å²) in [7, 11) is 3.52. The number of benzene rings is 1. The van der Waals surface area contributed by atoms with Gasteiger partial charge in [0, 0.05) is 26.1 Å². The summed E-state index contributed by atoms with van der Waals surface area (Å²) in [4.78, 5) is 11.8. The normalized spacial score (nSPS) is 11.5. The van der Waals surface area contributed by atoms with Crippen LogP contribution in [0.3, 0.4) is 0 Å². The largest absolute Gasteiger partial charge is 0.380 e. The first-order valence-corrected chi connectivity index (χ1v) is 6.17. The molecule has 108 valence electrons. The SMILES string of the molecule is CNCC(C)C(=O)NCc1ccccc1COC.Cl. The minimum atomic E-state index is -0.0235. The molecule has 0 saturated heterocycles. The minimum absolute atomic E-state index is 0. The van der Waals surface area contributed by atoms with E-state index in [4.69, 9.17) is 4.74 Å². The van der Waals surface area contributed by atoms with Gasteiger partial charge in [-0.3, -0.25) is 4.79 Å². The maximum atomic E-state index is 11.8. The van der Waals surface area contributed by atoms with Gasteiger partial charge >= 0.3 is 0 Å². The Morgan fingerprint density at radius 3 is 2.53 bits per heavy atom. The maximum Gasteiger partial charge on any atom is 0.224 e. The number of amides is 1. The van der Waals surface area contributed by atoms with Crippen LogP contribution in [0, 0.1) is 5.92 Å². The second-order valence-corrected chi connectivity index (χ2v) is 4.38. The number of hydrogen-bond acceptors (Lipinski definition) is 3. The van der Waals surface area contributed by atoms with E-state index < -0.39 is 0 Å². The standard InChI is InChI=1S/C14H22N2O2.ClH/c1-11(8-15-2)14(17)16-9-12-6-4-5-7-13(12)10-18-3;/h4-7,11,15H,8-10H2,1-3H3,(H,16,17);1H. The van der Waals surface area contributed by atoms with Gasteiger partial charge in [-0.25, -0.2) is 0 Å². The van der Waals surface area contributed by atoms with E-state index in [1.807, 2.05) is 38.2 Å². The zero-order chi connectivity index (χ0) is 13.4. The Hall–Kier alpha value is -1.10. The number of carbonyl (C=O) groups is 1. The highest BCUT2D eigenvalue weighted by atomic mass is 35.5. The molecule has 4 nitrogen and oxygen atoms in total. The molecular formula is C14H23ClN2O2. The molecule has 0 heterocycles. The summed E-state index contributed by atoms with van der Waals surface area (Å²) in [5.74, 6) is 0.0427. The highest BCUT2D eigenvalue weighted by Crippen LogP contribution is 2.09. The number of halogens is 1. The zero-order valence-electron chi connectivity index (χ0n) is 11.7. The van der Waals surface area contributed by atoms with Gasteiger partial charge in [-0.15, -0.1) is 12.4 Å². The summed E-state index contributed by atoms with van der Waals surface area (Å²) in [5, 5.41) is 5.95. The van der Waals surface area contributed by atoms with Crippen LogP contribution in [0.25, 0.3) is 0 Å². The van der Waals surface area contributed by atoms with E-state index >= 15 is 0 Å². The highest BCUT2D eigenvalue weighted by molar-refractivity contribution is 5.85. The molecule has 0 fully saturated rings. The van der Waals surface area contributed by atoms with Crippen molar-refractivity contribution in [3.8, 4) is 0 Å². The Balaban J connectivity index is 0.00000324. The van der Waals surface area contributed by atoms with Gasteiger partial charge in [-0.1, -0.05) is 31.2 Å². The van der Waals surface area contributed by atoms with Crippen molar-refractivity contribution >= 4 is 18.3 Å². The lowest BCUT2D eigenvalue weighted by molar-refractivity contribution is -0.124. The van der Waals surface area contributed by atoms with Crippen LogP contribution in [0.2, 0.25) is 0 Å². The molecular weight excluding hydrogens is 264 g/mol. The molecule has 1 aromatic rings. The Bertz CT molecular complexity index is 385. The fourth-order valence-electron chi connectivity index (χ4n) is 1.78. The van der Waals surface area contributed by atoms with Gasteiger partial charge in [-0.2, -0.15) is 0 Å². The fourth-order valence-corrected chi connectivity index (χ4v) is 1.78. The summed E-state index contributed by atoms with van der Waals surface area (Å²) in [6.07, 6.45) is 0. The molecule has 1 unspecified atom stereocenters. The first-order valence-electron chi connectivity index (χ1n) is 6.17. The molecule has 1 aromatic carbocycles. The van der Waals surface area contributed by atoms with Crippen molar-refractivity contribution in [2.24, 2.45) is 5.92 Å². The summed E-state index contributed by atoms with van der Waals surface area (Å²) in [6.45, 7) is 3.71. The number of rotatable bonds is 7. The average molecular weight is 287 g/mol. The van der Waals surface area contributed by atoms with Crippen molar-refractivity contribution in [2.45, 2.75) is 20.1 Å². The molecule has 2 N–H and O–H groups in total. The smallest absolute Gasteiger partial charge is 0.224 e. The van der Waals surface area contributed by atoms with Gasteiger partial charge in [-0.05, 0) is 18.2 Å². The molecule has 0 aliphatic carbocycles. The lowest BCUT2D eigenvalue weighted by Gasteiger charge is -2.13. The van der Waals surface area contributed by atoms with E-state index in [0.717, 1.165) is 11.1 Å². The van der Waals surface area contributed by atoms with Gasteiger partial charge in [0.1, 0.15) is 0 Å². The molecule has 0 aliphatic rings. The van der Waals surface area contributed by atoms with Crippen LogP contribution in [0.4, 0.5) is 0 Å². The average Bonchev–Trinajstić information content (AvgIpc) is 2.38. The molecule has 5 heteroatoms. The zero-order valence-corrected chi connectivity index (χ0v) is 12.5. The Morgan fingerprint density at radius 2 is 1.95 bits per heavy atom. The summed E-state index contributed by atoms with van der Waals surface area (Å²) >= 11 is 0. The van der Waals surface area contributed by atoms with Crippen molar-refractivity contribution < 1.29 is 9.53 Å². The van der Waals surface area contributed by atoms with Crippen LogP contribution in [0.15, 0.2) is 24.3 Å². The summed E-state index contributed by atoms with van der Waals surface area (Å²) < 4.78 is 5.14. The fraction of sp³-hybridized carbons (Fsp3) is 0.500. The topological polar surface area (TPSA) is 50.4 Å². The van der Waals surface area contributed by atoms with Crippen molar-refractivity contribution in [3.63, 3.8) is 0 Å². The number of methoxy groups -OCH3 is 1. The van der Waals surface area contributed by atoms with Crippen LogP contribution in [-0.2, 0) is 22.7 Å². The third-order valence-electron chi connectivity index (χ3n) is 2.83. The number of hydrogen-bond donors (Lipinski definition) is 2. The van der Waals surface area contributed by atoms with Gasteiger partial charge < -0.3 is 15.4 Å². The number of ether oxygens (including phenoxy) is 1. The van der Waals surface area contributed by atoms with Crippen LogP contribution in [0.1, 0.15) is 18.1 Å². The third-order valence-corrected chi connectivity index (χ3v) is 2.83. The van der Waals surface area contributed by atoms with Crippen LogP contribution in [0.5, 0.6) is 0 Å². The summed E-state index contributed by atoms with van der Waals surface area (Å²) in [5.41, 5.74) is 2.21. The third kappa shape index (κ3) is 6.05. The van der Waals surface area contributed by atoms with Gasteiger partial charge in [0.2, 0.25) is 5.91 Å². The highest BCUT2D eigenvalue weighted by Gasteiger charge is 2.11. The second kappa shape index (κ2) is 9.78. The van der Waals surface area contributed by atoms with E-state index in [9.17, 15) is 4.79 Å². The number of nitrogens with one attached hydrogen (secondary N) is 2. The second-order valence-electron chi connectivity index (χ2n) is 4.38. The van der Waals surface area contributed by atoms with Crippen molar-refractivity contribution in [1.29, 1.82) is 0 Å². The van der Waals surface area contributed by atoms with Crippen LogP contribution in [-0.4, -0.2) is 26.6 Å². The van der Waals surface area contributed by atoms with Gasteiger partial charge in [0.15, 0.2) is 0 Å². The van der Waals surface area contributed by atoms with Crippen molar-refractivity contribution in [2.75, 3.05) is 20.7 Å². The first-order chi connectivity index (χ1) is 8.69. The van der Waals surface area contributed by atoms with Gasteiger partial charge in [0.05, 0.1) is 6.61 Å². The van der Waals surface area contributed by atoms with Crippen molar-refractivity contribution in [3.05, 3.63) is 35.4 Å². The van der Waals surface area contributed by atoms with Crippen LogP contribution >= 0.6 is 12.4 Å². The molecule has 0 aromatic heterocycles. The maximum absolute atomic E-state index is 11.8. The molecule has 0 saturated carbocycles. The molecule has 19 heavy (non-hydrogen) atoms. The predicted octanol–water partition coefficient (Wildman–Crippen LogP) is 1.73. The summed E-state index contributed by atoms with van der Waals surface area (Å²) in [6, 6.07) is 7.97. The van der Waals surface area contributed by atoms with E-state index in [2.05, 4.69) is 10.6 Å². The molecule has 0 bridgehead atoms. The Kier molecular flexibility index (Phi) is 9.21. The van der Waals surface area contributed by atoms with E-state index in [0.29, 0.717) is 19.7 Å². The van der Waals surface area contributed by atoms with E-state index in [1.165, 1.54) is 0 Å². The minimum Gasteiger partial charge on any atom is -0.380 e. The van der Waals surface area contributed by atoms with Crippen LogP contribution < -0.4 is 10.6 Å². The van der Waals surface area contributed by atoms with E-state index in [-0.39, 0.29) is 24.2 Å². The number of carbonyl (C=O) groups excluding carboxylic acids is 1. The molecule has 1 rings (SSSR count). The monoisotopic (exact) mass is 286 g/mol. The molecule has 0 spiro atoms. The lowest BCUT2D eigenvalue weighted by Crippen LogP contribution is -2.34. The van der Waals surface area contributed by atoms with Gasteiger partial charge in [0.25, 0.3) is 0 Å². The predicted molar refractivity (Wildman–Crippen MR) is 79.3 cm³/mol. The van der Waals surface area contributed by atoms with Crippen molar-refractivity contribution in [1.82, 2.24) is 10.6 Å². The molecule has 1 amide bonds. The molecule has 0 radical (unpaired) electrons. The first kappa shape index (κ1) is 17.9. The quantitative estimate of drug-likeness (QED) is 0.803. The Morgan fingerprint density at radius 1 is 1.32 bits per heavy atom. The molecule has 0 aliphatic heterocycles. The molecule has 1 atom stereocenters. The Labute approximate surface area is 121 Å². The lowest BCUT2D eigenvalue weighted by atomic mass is 10.1. The van der Waals surface area contributed by atoms with E-state index in [1.54, 1.807) is 7.11 Å².